The van der Waals surface area contributed by atoms with E-state index in [1.807, 2.05) is 24.8 Å². The summed E-state index contributed by atoms with van der Waals surface area (Å²) in [6, 6.07) is 10.5. The molecule has 3 aliphatic rings. The van der Waals surface area contributed by atoms with Gasteiger partial charge in [-0.3, -0.25) is 13.9 Å². The van der Waals surface area contributed by atoms with Gasteiger partial charge in [0.2, 0.25) is 5.36 Å². The third-order valence-corrected chi connectivity index (χ3v) is 14.6. The van der Waals surface area contributed by atoms with Gasteiger partial charge in [-0.2, -0.15) is 22.1 Å². The number of rotatable bonds is 10. The molecule has 2 aromatic rings. The van der Waals surface area contributed by atoms with Crippen molar-refractivity contribution in [3.8, 4) is 6.07 Å². The molecule has 52 heavy (non-hydrogen) atoms. The first-order valence-electron chi connectivity index (χ1n) is 16.2. The molecule has 0 amide bonds. The van der Waals surface area contributed by atoms with Gasteiger partial charge in [0.15, 0.2) is 5.54 Å². The van der Waals surface area contributed by atoms with E-state index in [2.05, 4.69) is 62.7 Å². The van der Waals surface area contributed by atoms with Crippen molar-refractivity contribution in [2.75, 3.05) is 36.1 Å². The van der Waals surface area contributed by atoms with E-state index in [9.17, 15) is 36.0 Å². The minimum absolute atomic E-state index is 0.0718. The molecule has 0 spiro atoms. The van der Waals surface area contributed by atoms with Crippen molar-refractivity contribution in [3.05, 3.63) is 63.7 Å². The van der Waals surface area contributed by atoms with Gasteiger partial charge in [-0.15, -0.1) is 12.6 Å². The zero-order valence-corrected chi connectivity index (χ0v) is 33.4. The number of fused-ring (bicyclic) bond motifs is 4. The molecule has 0 aromatic heterocycles. The van der Waals surface area contributed by atoms with Gasteiger partial charge in [-0.25, -0.2) is 4.58 Å². The van der Waals surface area contributed by atoms with Crippen LogP contribution in [0.3, 0.4) is 0 Å². The van der Waals surface area contributed by atoms with Crippen molar-refractivity contribution in [1.82, 2.24) is 4.58 Å². The standard InChI is InChI=1S/C34H41N3O8S2Si.O3S/c1-22-17-33(2,3)36(9-8-11-45-21-38)29-15-31-26(13-24(22)29)28(19-35)27-14-25-23(20-47(42,43)44)18-34(4,5)37(10-12-46(39,40)41)30(25)16-32(27)48(31,6)7;1-4(2)3/h13-18,21H,8-12,20H2,1-7H3,(H-,39,40,41,42,43,44);/p+1. The van der Waals surface area contributed by atoms with Crippen LogP contribution >= 0.6 is 0 Å². The van der Waals surface area contributed by atoms with Gasteiger partial charge in [0.05, 0.1) is 23.5 Å². The lowest BCUT2D eigenvalue weighted by molar-refractivity contribution is -0.128. The smallest absolute Gasteiger partial charge is 0.425 e. The van der Waals surface area contributed by atoms with Crippen molar-refractivity contribution in [2.24, 2.45) is 0 Å². The molecule has 5 rings (SSSR count). The number of hydrogen-bond donors (Lipinski definition) is 2. The maximum absolute atomic E-state index is 12.2. The highest BCUT2D eigenvalue weighted by Crippen LogP contribution is 2.41. The Labute approximate surface area is 306 Å². The molecule has 0 radical (unpaired) electrons. The van der Waals surface area contributed by atoms with Crippen molar-refractivity contribution in [1.29, 1.82) is 5.26 Å². The third kappa shape index (κ3) is 8.45. The van der Waals surface area contributed by atoms with Gasteiger partial charge < -0.3 is 9.64 Å². The largest absolute Gasteiger partial charge is 0.468 e. The maximum atomic E-state index is 12.2. The lowest BCUT2D eigenvalue weighted by Crippen LogP contribution is -2.65. The molecule has 0 fully saturated rings. The Morgan fingerprint density at radius 2 is 1.60 bits per heavy atom. The van der Waals surface area contributed by atoms with Crippen LogP contribution in [0, 0.1) is 11.3 Å². The van der Waals surface area contributed by atoms with Crippen molar-refractivity contribution >= 4 is 78.2 Å². The molecule has 18 heteroatoms. The summed E-state index contributed by atoms with van der Waals surface area (Å²) in [5.74, 6) is -1.20. The second-order valence-electron chi connectivity index (χ2n) is 14.6. The van der Waals surface area contributed by atoms with Crippen molar-refractivity contribution in [3.63, 3.8) is 0 Å². The summed E-state index contributed by atoms with van der Waals surface area (Å²) in [6.07, 6.45) is 4.51. The summed E-state index contributed by atoms with van der Waals surface area (Å²) in [5, 5.41) is 14.5. The number of carbonyl (C=O) groups is 1. The lowest BCUT2D eigenvalue weighted by Gasteiger charge is -2.45. The molecule has 3 aliphatic heterocycles. The Hall–Kier alpha value is -3.99. The summed E-state index contributed by atoms with van der Waals surface area (Å²) in [5.41, 5.74) is 3.36. The highest BCUT2D eigenvalue weighted by molar-refractivity contribution is 7.86. The van der Waals surface area contributed by atoms with Crippen molar-refractivity contribution in [2.45, 2.75) is 65.2 Å². The van der Waals surface area contributed by atoms with Gasteiger partial charge in [0.1, 0.15) is 26.4 Å². The minimum Gasteiger partial charge on any atom is -0.468 e. The fraction of sp³-hybridized carbons (Fsp3) is 0.441. The highest BCUT2D eigenvalue weighted by Gasteiger charge is 2.42. The first kappa shape index (κ1) is 40.8. The number of benzene rings is 2. The van der Waals surface area contributed by atoms with Crippen LogP contribution in [-0.2, 0) is 40.4 Å². The average Bonchev–Trinajstić information content (AvgIpc) is 2.97. The molecule has 14 nitrogen and oxygen atoms in total. The van der Waals surface area contributed by atoms with E-state index in [4.69, 9.17) is 17.4 Å². The van der Waals surface area contributed by atoms with Gasteiger partial charge in [-0.05, 0) is 77.3 Å². The number of nitriles is 1. The molecule has 0 saturated carbocycles. The molecule has 2 aromatic carbocycles. The highest BCUT2D eigenvalue weighted by atomic mass is 32.2. The van der Waals surface area contributed by atoms with E-state index in [-0.39, 0.29) is 12.1 Å². The Kier molecular flexibility index (Phi) is 11.3. The Balaban J connectivity index is 0.00000144. The normalized spacial score (nSPS) is 17.8. The van der Waals surface area contributed by atoms with Gasteiger partial charge in [0.25, 0.3) is 26.7 Å². The summed E-state index contributed by atoms with van der Waals surface area (Å²) >= 11 is 0. The molecular formula is C34H42N3O11S3Si+. The van der Waals surface area contributed by atoms with E-state index >= 15 is 0 Å². The molecule has 0 bridgehead atoms. The zero-order chi connectivity index (χ0) is 39.2. The van der Waals surface area contributed by atoms with Crippen LogP contribution in [0.4, 0.5) is 5.69 Å². The quantitative estimate of drug-likeness (QED) is 0.111. The number of ether oxygens (including phenoxy) is 1. The molecular weight excluding hydrogens is 751 g/mol. The van der Waals surface area contributed by atoms with Crippen LogP contribution in [0.25, 0.3) is 16.7 Å². The van der Waals surface area contributed by atoms with E-state index in [1.54, 1.807) is 12.1 Å². The van der Waals surface area contributed by atoms with E-state index in [0.29, 0.717) is 54.0 Å². The molecule has 3 heterocycles. The summed E-state index contributed by atoms with van der Waals surface area (Å²) in [6.45, 7) is 15.7. The monoisotopic (exact) mass is 792 g/mol. The third-order valence-electron chi connectivity index (χ3n) is 9.73. The van der Waals surface area contributed by atoms with E-state index in [1.165, 1.54) is 0 Å². The molecule has 280 valence electrons. The maximum Gasteiger partial charge on any atom is 0.425 e. The van der Waals surface area contributed by atoms with Crippen LogP contribution in [0.15, 0.2) is 36.4 Å². The Morgan fingerprint density at radius 1 is 0.962 bits per heavy atom. The van der Waals surface area contributed by atoms with Gasteiger partial charge in [0, 0.05) is 49.7 Å². The fourth-order valence-electron chi connectivity index (χ4n) is 7.64. The number of nitrogens with zero attached hydrogens (tertiary/aromatic N) is 3. The first-order valence-corrected chi connectivity index (χ1v) is 23.4. The molecule has 0 saturated heterocycles. The predicted molar refractivity (Wildman–Crippen MR) is 199 cm³/mol. The Morgan fingerprint density at radius 3 is 2.15 bits per heavy atom. The molecule has 0 aliphatic carbocycles. The fourth-order valence-corrected chi connectivity index (χ4v) is 11.7. The number of hydrogen-bond acceptors (Lipinski definition) is 11. The second-order valence-corrected chi connectivity index (χ2v) is 22.3. The lowest BCUT2D eigenvalue weighted by atomic mass is 9.86. The van der Waals surface area contributed by atoms with Crippen molar-refractivity contribution < 1.29 is 48.1 Å². The summed E-state index contributed by atoms with van der Waals surface area (Å²) < 4.78 is 100. The number of carbonyl (C=O) groups excluding carboxylic acids is 1. The van der Waals surface area contributed by atoms with Crippen LogP contribution in [-0.4, -0.2) is 95.4 Å². The van der Waals surface area contributed by atoms with Crippen LogP contribution in [0.1, 0.15) is 57.7 Å². The number of allylic oxidation sites excluding steroid dienone is 1. The van der Waals surface area contributed by atoms with Gasteiger partial charge in [-0.1, -0.05) is 19.2 Å². The Bertz CT molecular complexity index is 2420. The average molecular weight is 793 g/mol. The SMILES string of the molecule is CC1=CC(C)(C)[N+](CCCOC=O)=c2cc3c(cc21)=C(C#N)c1cc2c(cc1[Si]3(C)C)N(CCS(=O)(=O)O)C(C)(C)C=C2CS(=O)(=O)O.O=S(=O)=O. The first-order chi connectivity index (χ1) is 23.8. The van der Waals surface area contributed by atoms with Crippen LogP contribution in [0.5, 0.6) is 0 Å². The van der Waals surface area contributed by atoms with Crippen LogP contribution in [0.2, 0.25) is 13.1 Å². The minimum atomic E-state index is -4.44. The molecule has 2 N–H and O–H groups in total. The summed E-state index contributed by atoms with van der Waals surface area (Å²) in [7, 11) is -14.5. The van der Waals surface area contributed by atoms with E-state index < -0.39 is 56.0 Å². The van der Waals surface area contributed by atoms with E-state index in [0.717, 1.165) is 32.1 Å². The topological polar surface area (TPSA) is 216 Å². The second kappa shape index (κ2) is 14.4. The molecule has 0 atom stereocenters. The zero-order valence-electron chi connectivity index (χ0n) is 29.9. The predicted octanol–water partition coefficient (Wildman–Crippen LogP) is 0.548. The van der Waals surface area contributed by atoms with Crippen LogP contribution < -0.4 is 30.4 Å². The van der Waals surface area contributed by atoms with Gasteiger partial charge >= 0.3 is 10.6 Å². The molecule has 0 unspecified atom stereocenters. The number of anilines is 1. The summed E-state index contributed by atoms with van der Waals surface area (Å²) in [4.78, 5) is 12.6.